The van der Waals surface area contributed by atoms with Gasteiger partial charge >= 0.3 is 0 Å². The second-order valence-corrected chi connectivity index (χ2v) is 9.82. The van der Waals surface area contributed by atoms with Crippen LogP contribution in [0.15, 0.2) is 24.3 Å². The highest BCUT2D eigenvalue weighted by atomic mass is 127. The SMILES string of the molecule is CCSC(SCC)(SCC)c1cccc(I)c1. The summed E-state index contributed by atoms with van der Waals surface area (Å²) in [6.07, 6.45) is 0. The zero-order valence-electron chi connectivity index (χ0n) is 10.5. The van der Waals surface area contributed by atoms with Crippen molar-refractivity contribution in [2.75, 3.05) is 17.3 Å². The van der Waals surface area contributed by atoms with Crippen LogP contribution in [0.5, 0.6) is 0 Å². The topological polar surface area (TPSA) is 0 Å². The predicted molar refractivity (Wildman–Crippen MR) is 95.2 cm³/mol. The highest BCUT2D eigenvalue weighted by molar-refractivity contribution is 14.1. The molecule has 0 aliphatic heterocycles. The average molecular weight is 398 g/mol. The van der Waals surface area contributed by atoms with Crippen molar-refractivity contribution in [2.45, 2.75) is 24.2 Å². The average Bonchev–Trinajstić information content (AvgIpc) is 2.30. The van der Waals surface area contributed by atoms with E-state index in [0.29, 0.717) is 0 Å². The molecule has 0 radical (unpaired) electrons. The molecule has 0 saturated heterocycles. The standard InChI is InChI=1S/C13H19IS3/c1-4-15-13(16-5-2,17-6-3)11-8-7-9-12(14)10-11/h7-10H,4-6H2,1-3H3. The zero-order valence-corrected chi connectivity index (χ0v) is 15.1. The summed E-state index contributed by atoms with van der Waals surface area (Å²) in [5.74, 6) is 3.47. The van der Waals surface area contributed by atoms with Crippen molar-refractivity contribution < 1.29 is 0 Å². The van der Waals surface area contributed by atoms with E-state index in [0.717, 1.165) is 17.3 Å². The Labute approximate surface area is 132 Å². The number of rotatable bonds is 7. The molecule has 1 rings (SSSR count). The van der Waals surface area contributed by atoms with Crippen molar-refractivity contribution in [1.82, 2.24) is 0 Å². The van der Waals surface area contributed by atoms with Gasteiger partial charge in [0.1, 0.15) is 3.41 Å². The molecule has 4 heteroatoms. The van der Waals surface area contributed by atoms with Crippen molar-refractivity contribution in [3.8, 4) is 0 Å². The van der Waals surface area contributed by atoms with Gasteiger partial charge < -0.3 is 0 Å². The van der Waals surface area contributed by atoms with Gasteiger partial charge in [0.25, 0.3) is 0 Å². The van der Waals surface area contributed by atoms with Gasteiger partial charge in [-0.05, 0) is 57.5 Å². The number of thioether (sulfide) groups is 3. The molecule has 17 heavy (non-hydrogen) atoms. The lowest BCUT2D eigenvalue weighted by Gasteiger charge is -2.32. The molecule has 1 aromatic carbocycles. The van der Waals surface area contributed by atoms with Crippen LogP contribution < -0.4 is 0 Å². The summed E-state index contributed by atoms with van der Waals surface area (Å²) in [6.45, 7) is 6.75. The molecule has 0 amide bonds. The molecule has 0 heterocycles. The summed E-state index contributed by atoms with van der Waals surface area (Å²) in [5.41, 5.74) is 1.45. The monoisotopic (exact) mass is 398 g/mol. The zero-order chi connectivity index (χ0) is 12.7. The lowest BCUT2D eigenvalue weighted by atomic mass is 10.2. The van der Waals surface area contributed by atoms with Gasteiger partial charge in [0.2, 0.25) is 0 Å². The van der Waals surface area contributed by atoms with Crippen molar-refractivity contribution in [3.63, 3.8) is 0 Å². The first-order chi connectivity index (χ1) is 8.18. The third-order valence-corrected chi connectivity index (χ3v) is 7.69. The van der Waals surface area contributed by atoms with Gasteiger partial charge in [-0.3, -0.25) is 0 Å². The second kappa shape index (κ2) is 8.23. The Morgan fingerprint density at radius 3 is 1.94 bits per heavy atom. The van der Waals surface area contributed by atoms with E-state index >= 15 is 0 Å². The molecule has 0 bridgehead atoms. The minimum absolute atomic E-state index is 0.180. The van der Waals surface area contributed by atoms with Crippen LogP contribution in [0.1, 0.15) is 26.3 Å². The fourth-order valence-electron chi connectivity index (χ4n) is 1.62. The predicted octanol–water partition coefficient (Wildman–Crippen LogP) is 5.66. The summed E-state index contributed by atoms with van der Waals surface area (Å²) in [7, 11) is 0. The van der Waals surface area contributed by atoms with Gasteiger partial charge in [0.15, 0.2) is 0 Å². The van der Waals surface area contributed by atoms with Gasteiger partial charge in [-0.25, -0.2) is 0 Å². The first-order valence-electron chi connectivity index (χ1n) is 5.86. The second-order valence-electron chi connectivity index (χ2n) is 3.37. The molecular formula is C13H19IS3. The summed E-state index contributed by atoms with van der Waals surface area (Å²) in [4.78, 5) is 0. The number of hydrogen-bond donors (Lipinski definition) is 0. The number of benzene rings is 1. The maximum absolute atomic E-state index is 2.40. The van der Waals surface area contributed by atoms with Crippen LogP contribution in [-0.2, 0) is 3.41 Å². The Morgan fingerprint density at radius 2 is 1.53 bits per heavy atom. The third kappa shape index (κ3) is 4.55. The van der Waals surface area contributed by atoms with Crippen molar-refractivity contribution >= 4 is 57.9 Å². The van der Waals surface area contributed by atoms with E-state index in [4.69, 9.17) is 0 Å². The summed E-state index contributed by atoms with van der Waals surface area (Å²) < 4.78 is 1.51. The van der Waals surface area contributed by atoms with Crippen LogP contribution in [0.25, 0.3) is 0 Å². The van der Waals surface area contributed by atoms with Crippen LogP contribution in [0.4, 0.5) is 0 Å². The van der Waals surface area contributed by atoms with Crippen molar-refractivity contribution in [2.24, 2.45) is 0 Å². The molecule has 0 fully saturated rings. The maximum atomic E-state index is 2.40. The molecule has 1 aromatic rings. The van der Waals surface area contributed by atoms with E-state index < -0.39 is 0 Å². The molecule has 0 nitrogen and oxygen atoms in total. The van der Waals surface area contributed by atoms with Crippen molar-refractivity contribution in [3.05, 3.63) is 33.4 Å². The van der Waals surface area contributed by atoms with Crippen LogP contribution in [0, 0.1) is 3.57 Å². The molecule has 96 valence electrons. The molecule has 0 aliphatic carbocycles. The maximum Gasteiger partial charge on any atom is 0.132 e. The molecule has 0 saturated carbocycles. The first-order valence-corrected chi connectivity index (χ1v) is 9.90. The van der Waals surface area contributed by atoms with Crippen molar-refractivity contribution in [1.29, 1.82) is 0 Å². The lowest BCUT2D eigenvalue weighted by molar-refractivity contribution is 1.26. The van der Waals surface area contributed by atoms with Crippen LogP contribution in [0.3, 0.4) is 0 Å². The minimum Gasteiger partial charge on any atom is -0.129 e. The molecule has 0 aliphatic rings. The Bertz CT molecular complexity index is 324. The minimum atomic E-state index is 0.180. The van der Waals surface area contributed by atoms with Gasteiger partial charge in [-0.1, -0.05) is 32.9 Å². The van der Waals surface area contributed by atoms with E-state index in [2.05, 4.69) is 103 Å². The molecular weight excluding hydrogens is 379 g/mol. The highest BCUT2D eigenvalue weighted by Crippen LogP contribution is 2.55. The van der Waals surface area contributed by atoms with Crippen LogP contribution >= 0.6 is 57.9 Å². The lowest BCUT2D eigenvalue weighted by Crippen LogP contribution is -2.14. The summed E-state index contributed by atoms with van der Waals surface area (Å²) >= 11 is 8.58. The van der Waals surface area contributed by atoms with E-state index in [1.54, 1.807) is 0 Å². The third-order valence-electron chi connectivity index (χ3n) is 2.18. The van der Waals surface area contributed by atoms with E-state index in [1.165, 1.54) is 9.13 Å². The summed E-state index contributed by atoms with van der Waals surface area (Å²) in [5, 5.41) is 0. The summed E-state index contributed by atoms with van der Waals surface area (Å²) in [6, 6.07) is 8.94. The Hall–Kier alpha value is 1.000. The van der Waals surface area contributed by atoms with Gasteiger partial charge in [0, 0.05) is 3.57 Å². The molecule has 0 atom stereocenters. The van der Waals surface area contributed by atoms with Gasteiger partial charge in [-0.2, -0.15) is 0 Å². The largest absolute Gasteiger partial charge is 0.132 e. The molecule has 0 aromatic heterocycles. The Morgan fingerprint density at radius 1 is 1.00 bits per heavy atom. The fourth-order valence-corrected chi connectivity index (χ4v) is 7.31. The fraction of sp³-hybridized carbons (Fsp3) is 0.538. The van der Waals surface area contributed by atoms with Crippen LogP contribution in [0.2, 0.25) is 0 Å². The van der Waals surface area contributed by atoms with Gasteiger partial charge in [0.05, 0.1) is 0 Å². The normalized spacial score (nSPS) is 11.8. The molecule has 0 N–H and O–H groups in total. The Balaban J connectivity index is 3.09. The number of halogens is 1. The molecule has 0 unspecified atom stereocenters. The highest BCUT2D eigenvalue weighted by Gasteiger charge is 2.32. The Kier molecular flexibility index (Phi) is 7.77. The van der Waals surface area contributed by atoms with Gasteiger partial charge in [-0.15, -0.1) is 35.3 Å². The van der Waals surface area contributed by atoms with E-state index in [1.807, 2.05) is 0 Å². The number of hydrogen-bond acceptors (Lipinski definition) is 3. The van der Waals surface area contributed by atoms with E-state index in [9.17, 15) is 0 Å². The quantitative estimate of drug-likeness (QED) is 0.430. The molecule has 0 spiro atoms. The van der Waals surface area contributed by atoms with Crippen LogP contribution in [-0.4, -0.2) is 17.3 Å². The smallest absolute Gasteiger partial charge is 0.129 e. The van der Waals surface area contributed by atoms with E-state index in [-0.39, 0.29) is 3.41 Å². The first kappa shape index (κ1) is 16.1.